The first kappa shape index (κ1) is 18.0. The van der Waals surface area contributed by atoms with Gasteiger partial charge < -0.3 is 19.1 Å². The van der Waals surface area contributed by atoms with Crippen molar-refractivity contribution in [3.8, 4) is 0 Å². The van der Waals surface area contributed by atoms with Gasteiger partial charge in [-0.15, -0.1) is 0 Å². The van der Waals surface area contributed by atoms with Gasteiger partial charge in [0.1, 0.15) is 5.60 Å². The Morgan fingerprint density at radius 2 is 1.86 bits per heavy atom. The molecule has 2 aliphatic heterocycles. The second-order valence-corrected chi connectivity index (χ2v) is 7.77. The Balaban J connectivity index is 1.86. The number of piperidine rings is 1. The summed E-state index contributed by atoms with van der Waals surface area (Å²) in [4.78, 5) is 13.9. The van der Waals surface area contributed by atoms with E-state index in [1.165, 1.54) is 0 Å². The number of rotatable bonds is 3. The van der Waals surface area contributed by atoms with Crippen molar-refractivity contribution in [1.29, 1.82) is 0 Å². The number of halogens is 1. The highest BCUT2D eigenvalue weighted by molar-refractivity contribution is 9.09. The minimum absolute atomic E-state index is 0.166. The van der Waals surface area contributed by atoms with Crippen LogP contribution < -0.4 is 0 Å². The molecule has 0 saturated carbocycles. The third-order valence-electron chi connectivity index (χ3n) is 4.15. The summed E-state index contributed by atoms with van der Waals surface area (Å²) in [5.41, 5.74) is -0.611. The molecule has 0 N–H and O–H groups in total. The van der Waals surface area contributed by atoms with E-state index in [4.69, 9.17) is 14.2 Å². The van der Waals surface area contributed by atoms with Gasteiger partial charge in [-0.1, -0.05) is 15.9 Å². The van der Waals surface area contributed by atoms with Crippen LogP contribution in [0.5, 0.6) is 0 Å². The summed E-state index contributed by atoms with van der Waals surface area (Å²) in [7, 11) is 0. The lowest BCUT2D eigenvalue weighted by Crippen LogP contribution is -2.51. The van der Waals surface area contributed by atoms with E-state index in [9.17, 15) is 4.79 Å². The molecule has 2 saturated heterocycles. The van der Waals surface area contributed by atoms with Crippen molar-refractivity contribution in [3.63, 3.8) is 0 Å². The fourth-order valence-electron chi connectivity index (χ4n) is 2.85. The van der Waals surface area contributed by atoms with Crippen LogP contribution in [-0.4, -0.2) is 59.9 Å². The predicted molar refractivity (Wildman–Crippen MR) is 88.5 cm³/mol. The van der Waals surface area contributed by atoms with Gasteiger partial charge in [0.25, 0.3) is 0 Å². The molecule has 0 spiro atoms. The first-order valence-electron chi connectivity index (χ1n) is 8.13. The van der Waals surface area contributed by atoms with Gasteiger partial charge in [0.05, 0.1) is 11.7 Å². The summed E-state index contributed by atoms with van der Waals surface area (Å²) in [5, 5.41) is 0.805. The number of hydrogen-bond donors (Lipinski definition) is 0. The minimum Gasteiger partial charge on any atom is -0.444 e. The number of likely N-dealkylation sites (tertiary alicyclic amines) is 1. The number of nitrogens with zero attached hydrogens (tertiary/aromatic N) is 1. The van der Waals surface area contributed by atoms with Gasteiger partial charge >= 0.3 is 6.09 Å². The molecule has 0 aromatic rings. The normalized spacial score (nSPS) is 23.4. The number of carbonyl (C=O) groups is 1. The Hall–Kier alpha value is -0.330. The topological polar surface area (TPSA) is 48.0 Å². The summed E-state index contributed by atoms with van der Waals surface area (Å²) < 4.78 is 17.2. The van der Waals surface area contributed by atoms with Crippen LogP contribution in [0, 0.1) is 0 Å². The summed E-state index contributed by atoms with van der Waals surface area (Å²) in [5.74, 6) is 0. The summed E-state index contributed by atoms with van der Waals surface area (Å²) in [6.45, 7) is 8.62. The van der Waals surface area contributed by atoms with E-state index in [0.717, 1.165) is 44.2 Å². The Morgan fingerprint density at radius 1 is 1.27 bits per heavy atom. The van der Waals surface area contributed by atoms with Crippen LogP contribution in [0.2, 0.25) is 0 Å². The van der Waals surface area contributed by atoms with Crippen LogP contribution in [0.25, 0.3) is 0 Å². The van der Waals surface area contributed by atoms with Crippen molar-refractivity contribution in [3.05, 3.63) is 0 Å². The van der Waals surface area contributed by atoms with Crippen LogP contribution in [0.15, 0.2) is 0 Å². The third kappa shape index (κ3) is 5.10. The lowest BCUT2D eigenvalue weighted by Gasteiger charge is -2.43. The fraction of sp³-hybridized carbons (Fsp3) is 0.938. The fourth-order valence-corrected chi connectivity index (χ4v) is 3.55. The minimum atomic E-state index is -0.445. The molecular weight excluding hydrogens is 350 g/mol. The molecule has 0 unspecified atom stereocenters. The molecule has 5 nitrogen and oxygen atoms in total. The molecule has 0 radical (unpaired) electrons. The van der Waals surface area contributed by atoms with Crippen LogP contribution >= 0.6 is 15.9 Å². The molecule has 2 fully saturated rings. The van der Waals surface area contributed by atoms with Gasteiger partial charge in [-0.2, -0.15) is 0 Å². The van der Waals surface area contributed by atoms with E-state index in [-0.39, 0.29) is 17.8 Å². The van der Waals surface area contributed by atoms with E-state index in [0.29, 0.717) is 13.1 Å². The average Bonchev–Trinajstić information content (AvgIpc) is 2.47. The molecule has 1 amide bonds. The van der Waals surface area contributed by atoms with Gasteiger partial charge in [0.15, 0.2) is 0 Å². The summed E-state index contributed by atoms with van der Waals surface area (Å²) in [6, 6.07) is 0. The van der Waals surface area contributed by atoms with Gasteiger partial charge in [0.2, 0.25) is 0 Å². The van der Waals surface area contributed by atoms with Crippen LogP contribution in [0.3, 0.4) is 0 Å². The molecular formula is C16H28BrNO4. The summed E-state index contributed by atoms with van der Waals surface area (Å²) in [6.07, 6.45) is 3.67. The molecule has 0 bridgehead atoms. The molecule has 128 valence electrons. The van der Waals surface area contributed by atoms with Gasteiger partial charge in [0, 0.05) is 31.6 Å². The van der Waals surface area contributed by atoms with Crippen molar-refractivity contribution in [2.24, 2.45) is 0 Å². The number of hydrogen-bond acceptors (Lipinski definition) is 4. The van der Waals surface area contributed by atoms with E-state index in [1.807, 2.05) is 20.8 Å². The quantitative estimate of drug-likeness (QED) is 0.707. The van der Waals surface area contributed by atoms with E-state index >= 15 is 0 Å². The molecule has 0 aliphatic carbocycles. The van der Waals surface area contributed by atoms with Crippen molar-refractivity contribution in [1.82, 2.24) is 4.90 Å². The number of amides is 1. The number of carbonyl (C=O) groups excluding carboxylic acids is 1. The highest BCUT2D eigenvalue weighted by Crippen LogP contribution is 2.32. The maximum Gasteiger partial charge on any atom is 0.410 e. The second kappa shape index (κ2) is 7.49. The number of ether oxygens (including phenoxy) is 3. The molecule has 0 atom stereocenters. The lowest BCUT2D eigenvalue weighted by atomic mass is 9.92. The lowest BCUT2D eigenvalue weighted by molar-refractivity contribution is -0.134. The van der Waals surface area contributed by atoms with Gasteiger partial charge in [-0.25, -0.2) is 4.79 Å². The summed E-state index contributed by atoms with van der Waals surface area (Å²) >= 11 is 3.61. The van der Waals surface area contributed by atoms with Gasteiger partial charge in [-0.3, -0.25) is 0 Å². The maximum absolute atomic E-state index is 12.1. The van der Waals surface area contributed by atoms with Crippen molar-refractivity contribution in [2.75, 3.05) is 31.6 Å². The third-order valence-corrected chi connectivity index (χ3v) is 5.18. The van der Waals surface area contributed by atoms with Crippen molar-refractivity contribution in [2.45, 2.75) is 63.8 Å². The first-order chi connectivity index (χ1) is 10.3. The predicted octanol–water partition coefficient (Wildman–Crippen LogP) is 3.35. The molecule has 2 heterocycles. The molecule has 22 heavy (non-hydrogen) atoms. The second-order valence-electron chi connectivity index (χ2n) is 7.21. The Labute approximate surface area is 141 Å². The smallest absolute Gasteiger partial charge is 0.410 e. The zero-order valence-electron chi connectivity index (χ0n) is 13.9. The largest absolute Gasteiger partial charge is 0.444 e. The van der Waals surface area contributed by atoms with Crippen molar-refractivity contribution < 1.29 is 19.0 Å². The Kier molecular flexibility index (Phi) is 6.14. The zero-order chi connectivity index (χ0) is 16.2. The van der Waals surface area contributed by atoms with Crippen LogP contribution in [0.1, 0.15) is 46.5 Å². The monoisotopic (exact) mass is 377 g/mol. The number of alkyl halides is 1. The Bertz CT molecular complexity index is 369. The molecule has 6 heteroatoms. The molecule has 2 aliphatic rings. The van der Waals surface area contributed by atoms with Crippen LogP contribution in [0.4, 0.5) is 4.79 Å². The molecule has 0 aromatic carbocycles. The highest BCUT2D eigenvalue weighted by Gasteiger charge is 2.39. The average molecular weight is 378 g/mol. The van der Waals surface area contributed by atoms with E-state index in [1.54, 1.807) is 4.90 Å². The van der Waals surface area contributed by atoms with Gasteiger partial charge in [-0.05, 0) is 46.5 Å². The maximum atomic E-state index is 12.1. The zero-order valence-corrected chi connectivity index (χ0v) is 15.5. The van der Waals surface area contributed by atoms with Crippen LogP contribution in [-0.2, 0) is 14.2 Å². The molecule has 2 rings (SSSR count). The standard InChI is InChI=1S/C16H28BrNO4/c1-15(2,3)22-14(19)18-8-6-16(12-17,7-9-18)21-13-4-10-20-11-5-13/h13H,4-12H2,1-3H3. The SMILES string of the molecule is CC(C)(C)OC(=O)N1CCC(CBr)(OC2CCOCC2)CC1. The van der Waals surface area contributed by atoms with Crippen molar-refractivity contribution >= 4 is 22.0 Å². The van der Waals surface area contributed by atoms with E-state index in [2.05, 4.69) is 15.9 Å². The Morgan fingerprint density at radius 3 is 2.36 bits per heavy atom. The highest BCUT2D eigenvalue weighted by atomic mass is 79.9. The molecule has 0 aromatic heterocycles. The van der Waals surface area contributed by atoms with E-state index < -0.39 is 5.60 Å². The first-order valence-corrected chi connectivity index (χ1v) is 9.25.